The lowest BCUT2D eigenvalue weighted by molar-refractivity contribution is 0.585. The fraction of sp³-hybridized carbons (Fsp3) is 0.0667. The molecule has 0 radical (unpaired) electrons. The summed E-state index contributed by atoms with van der Waals surface area (Å²) < 4.78 is 5.69. The minimum Gasteiger partial charge on any atom is -0.416 e. The molecule has 0 spiro atoms. The van der Waals surface area contributed by atoms with Gasteiger partial charge in [0.25, 0.3) is 0 Å². The molecule has 0 saturated carbocycles. The number of aryl methyl sites for hydroxylation is 1. The third kappa shape index (κ3) is 2.20. The summed E-state index contributed by atoms with van der Waals surface area (Å²) in [5.41, 5.74) is 9.34. The molecule has 0 bridgehead atoms. The molecular formula is C15H13N3O. The van der Waals surface area contributed by atoms with E-state index in [0.29, 0.717) is 17.5 Å². The fourth-order valence-corrected chi connectivity index (χ4v) is 1.88. The number of anilines is 1. The zero-order valence-corrected chi connectivity index (χ0v) is 10.5. The van der Waals surface area contributed by atoms with Crippen LogP contribution in [0, 0.1) is 6.92 Å². The minimum atomic E-state index is 0.444. The van der Waals surface area contributed by atoms with E-state index in [9.17, 15) is 0 Å². The Balaban J connectivity index is 2.04. The second-order valence-electron chi connectivity index (χ2n) is 4.37. The highest BCUT2D eigenvalue weighted by molar-refractivity contribution is 5.71. The summed E-state index contributed by atoms with van der Waals surface area (Å²) in [5.74, 6) is 0.941. The van der Waals surface area contributed by atoms with E-state index in [1.165, 1.54) is 0 Å². The largest absolute Gasteiger partial charge is 0.416 e. The van der Waals surface area contributed by atoms with Crippen LogP contribution in [0.2, 0.25) is 0 Å². The van der Waals surface area contributed by atoms with Gasteiger partial charge in [-0.15, -0.1) is 10.2 Å². The van der Waals surface area contributed by atoms with Gasteiger partial charge in [-0.2, -0.15) is 0 Å². The average Bonchev–Trinajstić information content (AvgIpc) is 2.92. The van der Waals surface area contributed by atoms with Gasteiger partial charge in [-0.05, 0) is 31.2 Å². The predicted octanol–water partition coefficient (Wildman–Crippen LogP) is 3.29. The topological polar surface area (TPSA) is 64.9 Å². The van der Waals surface area contributed by atoms with E-state index in [1.54, 1.807) is 0 Å². The first-order valence-electron chi connectivity index (χ1n) is 5.99. The van der Waals surface area contributed by atoms with Crippen LogP contribution >= 0.6 is 0 Å². The molecule has 0 amide bonds. The van der Waals surface area contributed by atoms with Crippen LogP contribution in [0.15, 0.2) is 52.9 Å². The van der Waals surface area contributed by atoms with Crippen LogP contribution in [-0.4, -0.2) is 10.2 Å². The summed E-state index contributed by atoms with van der Waals surface area (Å²) in [7, 11) is 0. The van der Waals surface area contributed by atoms with Gasteiger partial charge >= 0.3 is 0 Å². The van der Waals surface area contributed by atoms with Crippen LogP contribution in [0.25, 0.3) is 22.9 Å². The number of hydrogen-bond donors (Lipinski definition) is 1. The van der Waals surface area contributed by atoms with Gasteiger partial charge in [0, 0.05) is 11.3 Å². The van der Waals surface area contributed by atoms with Crippen LogP contribution in [0.1, 0.15) is 5.56 Å². The molecule has 3 rings (SSSR count). The molecule has 2 aromatic carbocycles. The first-order chi connectivity index (χ1) is 9.24. The van der Waals surface area contributed by atoms with E-state index in [2.05, 4.69) is 10.2 Å². The standard InChI is InChI=1S/C15H13N3O/c1-10-7-8-13(16)12(9-10)15-18-17-14(19-15)11-5-3-2-4-6-11/h2-9H,16H2,1H3. The Morgan fingerprint density at radius 1 is 0.947 bits per heavy atom. The van der Waals surface area contributed by atoms with Crippen LogP contribution in [-0.2, 0) is 0 Å². The maximum Gasteiger partial charge on any atom is 0.250 e. The van der Waals surface area contributed by atoms with E-state index < -0.39 is 0 Å². The maximum absolute atomic E-state index is 5.94. The zero-order valence-electron chi connectivity index (χ0n) is 10.5. The van der Waals surface area contributed by atoms with Crippen molar-refractivity contribution in [3.63, 3.8) is 0 Å². The van der Waals surface area contributed by atoms with E-state index in [-0.39, 0.29) is 0 Å². The summed E-state index contributed by atoms with van der Waals surface area (Å²) in [6.07, 6.45) is 0. The van der Waals surface area contributed by atoms with Crippen molar-refractivity contribution in [1.82, 2.24) is 10.2 Å². The number of aromatic nitrogens is 2. The average molecular weight is 251 g/mol. The molecular weight excluding hydrogens is 238 g/mol. The van der Waals surface area contributed by atoms with Gasteiger partial charge in [-0.1, -0.05) is 29.8 Å². The van der Waals surface area contributed by atoms with Crippen molar-refractivity contribution < 1.29 is 4.42 Å². The lowest BCUT2D eigenvalue weighted by atomic mass is 10.1. The number of nitrogen functional groups attached to an aromatic ring is 1. The number of nitrogens with two attached hydrogens (primary N) is 1. The number of benzene rings is 2. The molecule has 3 aromatic rings. The summed E-state index contributed by atoms with van der Waals surface area (Å²) in [6, 6.07) is 15.4. The molecule has 0 atom stereocenters. The first-order valence-corrected chi connectivity index (χ1v) is 5.99. The van der Waals surface area contributed by atoms with Gasteiger partial charge < -0.3 is 10.2 Å². The minimum absolute atomic E-state index is 0.444. The van der Waals surface area contributed by atoms with Gasteiger partial charge in [0.15, 0.2) is 0 Å². The highest BCUT2D eigenvalue weighted by atomic mass is 16.4. The SMILES string of the molecule is Cc1ccc(N)c(-c2nnc(-c3ccccc3)o2)c1. The lowest BCUT2D eigenvalue weighted by Gasteiger charge is -2.01. The Hall–Kier alpha value is -2.62. The second kappa shape index (κ2) is 4.57. The van der Waals surface area contributed by atoms with Crippen LogP contribution in [0.5, 0.6) is 0 Å². The van der Waals surface area contributed by atoms with Gasteiger partial charge in [-0.3, -0.25) is 0 Å². The molecule has 0 aliphatic heterocycles. The van der Waals surface area contributed by atoms with Crippen molar-refractivity contribution in [2.45, 2.75) is 6.92 Å². The van der Waals surface area contributed by atoms with Crippen molar-refractivity contribution in [3.8, 4) is 22.9 Å². The van der Waals surface area contributed by atoms with Gasteiger partial charge in [0.05, 0.1) is 5.56 Å². The smallest absolute Gasteiger partial charge is 0.250 e. The molecule has 0 fully saturated rings. The van der Waals surface area contributed by atoms with Crippen molar-refractivity contribution in [1.29, 1.82) is 0 Å². The predicted molar refractivity (Wildman–Crippen MR) is 74.3 cm³/mol. The highest BCUT2D eigenvalue weighted by Crippen LogP contribution is 2.28. The van der Waals surface area contributed by atoms with E-state index in [0.717, 1.165) is 16.7 Å². The third-order valence-electron chi connectivity index (χ3n) is 2.88. The highest BCUT2D eigenvalue weighted by Gasteiger charge is 2.12. The summed E-state index contributed by atoms with van der Waals surface area (Å²) >= 11 is 0. The quantitative estimate of drug-likeness (QED) is 0.710. The van der Waals surface area contributed by atoms with E-state index in [1.807, 2.05) is 55.5 Å². The van der Waals surface area contributed by atoms with E-state index >= 15 is 0 Å². The molecule has 0 aliphatic rings. The van der Waals surface area contributed by atoms with Gasteiger partial charge in [-0.25, -0.2) is 0 Å². The molecule has 0 aliphatic carbocycles. The molecule has 4 heteroatoms. The fourth-order valence-electron chi connectivity index (χ4n) is 1.88. The Bertz CT molecular complexity index is 704. The monoisotopic (exact) mass is 251 g/mol. The third-order valence-corrected chi connectivity index (χ3v) is 2.88. The molecule has 0 saturated heterocycles. The Kier molecular flexibility index (Phi) is 2.76. The normalized spacial score (nSPS) is 10.6. The Morgan fingerprint density at radius 2 is 1.68 bits per heavy atom. The molecule has 19 heavy (non-hydrogen) atoms. The van der Waals surface area contributed by atoms with E-state index in [4.69, 9.17) is 10.2 Å². The van der Waals surface area contributed by atoms with Crippen molar-refractivity contribution in [3.05, 3.63) is 54.1 Å². The molecule has 0 unspecified atom stereocenters. The molecule has 1 aromatic heterocycles. The Morgan fingerprint density at radius 3 is 2.47 bits per heavy atom. The second-order valence-corrected chi connectivity index (χ2v) is 4.37. The molecule has 1 heterocycles. The molecule has 2 N–H and O–H groups in total. The summed E-state index contributed by atoms with van der Waals surface area (Å²) in [5, 5.41) is 8.13. The van der Waals surface area contributed by atoms with Gasteiger partial charge in [0.1, 0.15) is 0 Å². The van der Waals surface area contributed by atoms with Gasteiger partial charge in [0.2, 0.25) is 11.8 Å². The van der Waals surface area contributed by atoms with Crippen molar-refractivity contribution in [2.75, 3.05) is 5.73 Å². The number of hydrogen-bond acceptors (Lipinski definition) is 4. The van der Waals surface area contributed by atoms with Crippen molar-refractivity contribution >= 4 is 5.69 Å². The van der Waals surface area contributed by atoms with Crippen molar-refractivity contribution in [2.24, 2.45) is 0 Å². The Labute approximate surface area is 110 Å². The molecule has 4 nitrogen and oxygen atoms in total. The first kappa shape index (κ1) is 11.5. The zero-order chi connectivity index (χ0) is 13.2. The van der Waals surface area contributed by atoms with Crippen LogP contribution < -0.4 is 5.73 Å². The molecule has 94 valence electrons. The maximum atomic E-state index is 5.94. The number of nitrogens with zero attached hydrogens (tertiary/aromatic N) is 2. The lowest BCUT2D eigenvalue weighted by Crippen LogP contribution is -1.90. The van der Waals surface area contributed by atoms with Crippen LogP contribution in [0.4, 0.5) is 5.69 Å². The van der Waals surface area contributed by atoms with Crippen LogP contribution in [0.3, 0.4) is 0 Å². The summed E-state index contributed by atoms with van der Waals surface area (Å²) in [4.78, 5) is 0. The summed E-state index contributed by atoms with van der Waals surface area (Å²) in [6.45, 7) is 2.00. The number of rotatable bonds is 2.